The molecule has 5 rings (SSSR count). The summed E-state index contributed by atoms with van der Waals surface area (Å²) in [6.45, 7) is 0. The highest BCUT2D eigenvalue weighted by Crippen LogP contribution is 2.37. The van der Waals surface area contributed by atoms with Crippen LogP contribution in [0.15, 0.2) is 102 Å². The molecule has 37 heavy (non-hydrogen) atoms. The molecule has 8 heteroatoms. The van der Waals surface area contributed by atoms with E-state index in [9.17, 15) is 9.59 Å². The van der Waals surface area contributed by atoms with Crippen LogP contribution in [0.25, 0.3) is 22.0 Å². The van der Waals surface area contributed by atoms with Gasteiger partial charge in [0.25, 0.3) is 5.91 Å². The van der Waals surface area contributed by atoms with Gasteiger partial charge in [-0.3, -0.25) is 4.79 Å². The van der Waals surface area contributed by atoms with Crippen LogP contribution in [-0.2, 0) is 0 Å². The van der Waals surface area contributed by atoms with Gasteiger partial charge >= 0.3 is 5.97 Å². The minimum absolute atomic E-state index is 0.284. The Morgan fingerprint density at radius 1 is 0.865 bits per heavy atom. The molecule has 2 N–H and O–H groups in total. The van der Waals surface area contributed by atoms with Gasteiger partial charge in [0.2, 0.25) is 0 Å². The minimum Gasteiger partial charge on any atom is -0.422 e. The van der Waals surface area contributed by atoms with E-state index in [1.54, 1.807) is 60.7 Å². The van der Waals surface area contributed by atoms with E-state index in [0.717, 1.165) is 10.9 Å². The number of esters is 1. The van der Waals surface area contributed by atoms with Crippen LogP contribution in [-0.4, -0.2) is 23.1 Å². The summed E-state index contributed by atoms with van der Waals surface area (Å²) in [5.74, 6) is -0.657. The maximum absolute atomic E-state index is 13.2. The van der Waals surface area contributed by atoms with Gasteiger partial charge in [-0.25, -0.2) is 10.2 Å². The van der Waals surface area contributed by atoms with Crippen LogP contribution in [0, 0.1) is 0 Å². The van der Waals surface area contributed by atoms with E-state index < -0.39 is 11.9 Å². The van der Waals surface area contributed by atoms with Crippen molar-refractivity contribution < 1.29 is 14.3 Å². The van der Waals surface area contributed by atoms with E-state index in [1.165, 1.54) is 6.21 Å². The molecule has 0 aliphatic carbocycles. The fourth-order valence-corrected chi connectivity index (χ4v) is 4.47. The Morgan fingerprint density at radius 3 is 2.30 bits per heavy atom. The molecule has 1 amide bonds. The van der Waals surface area contributed by atoms with Crippen molar-refractivity contribution in [3.8, 4) is 16.9 Å². The number of aromatic amines is 1. The third kappa shape index (κ3) is 5.26. The second-order valence-corrected chi connectivity index (χ2v) is 8.89. The quantitative estimate of drug-likeness (QED) is 0.107. The predicted octanol–water partition coefficient (Wildman–Crippen LogP) is 7.12. The van der Waals surface area contributed by atoms with Gasteiger partial charge in [-0.2, -0.15) is 5.10 Å². The van der Waals surface area contributed by atoms with Gasteiger partial charge in [-0.15, -0.1) is 0 Å². The van der Waals surface area contributed by atoms with Crippen LogP contribution in [0.4, 0.5) is 0 Å². The van der Waals surface area contributed by atoms with Crippen LogP contribution >= 0.6 is 23.2 Å². The standard InChI is InChI=1S/C29H19Cl2N3O3/c30-21-15-22-25(18-9-3-1-4-10-18)27(33-26(22)23(31)16-21)28(35)34-32-17-20-13-7-8-14-24(20)37-29(36)19-11-5-2-6-12-19/h1-17,33H,(H,34,35). The third-order valence-electron chi connectivity index (χ3n) is 5.61. The minimum atomic E-state index is -0.494. The summed E-state index contributed by atoms with van der Waals surface area (Å²) < 4.78 is 5.54. The molecule has 0 atom stereocenters. The van der Waals surface area contributed by atoms with Crippen LogP contribution in [0.5, 0.6) is 5.75 Å². The maximum atomic E-state index is 13.2. The van der Waals surface area contributed by atoms with Crippen LogP contribution in [0.3, 0.4) is 0 Å². The Kier molecular flexibility index (Phi) is 7.03. The highest BCUT2D eigenvalue weighted by Gasteiger charge is 2.21. The zero-order chi connectivity index (χ0) is 25.8. The summed E-state index contributed by atoms with van der Waals surface area (Å²) in [6, 6.07) is 28.4. The van der Waals surface area contributed by atoms with Crippen molar-refractivity contribution in [2.75, 3.05) is 0 Å². The smallest absolute Gasteiger partial charge is 0.343 e. The number of ether oxygens (including phenoxy) is 1. The second-order valence-electron chi connectivity index (χ2n) is 8.04. The van der Waals surface area contributed by atoms with Gasteiger partial charge < -0.3 is 9.72 Å². The van der Waals surface area contributed by atoms with Gasteiger partial charge in [0.05, 0.1) is 22.3 Å². The average Bonchev–Trinajstić information content (AvgIpc) is 3.30. The van der Waals surface area contributed by atoms with E-state index >= 15 is 0 Å². The van der Waals surface area contributed by atoms with E-state index in [4.69, 9.17) is 27.9 Å². The summed E-state index contributed by atoms with van der Waals surface area (Å²) in [5.41, 5.74) is 5.84. The summed E-state index contributed by atoms with van der Waals surface area (Å²) in [7, 11) is 0. The van der Waals surface area contributed by atoms with Crippen molar-refractivity contribution in [2.45, 2.75) is 0 Å². The number of hydrogen-bond donors (Lipinski definition) is 2. The third-order valence-corrected chi connectivity index (χ3v) is 6.13. The number of fused-ring (bicyclic) bond motifs is 1. The molecule has 0 aliphatic rings. The highest BCUT2D eigenvalue weighted by molar-refractivity contribution is 6.39. The number of para-hydroxylation sites is 1. The molecule has 0 aliphatic heterocycles. The number of H-pyrrole nitrogens is 1. The zero-order valence-corrected chi connectivity index (χ0v) is 20.8. The van der Waals surface area contributed by atoms with Crippen LogP contribution in [0.2, 0.25) is 10.0 Å². The molecule has 0 radical (unpaired) electrons. The predicted molar refractivity (Wildman–Crippen MR) is 147 cm³/mol. The lowest BCUT2D eigenvalue weighted by Gasteiger charge is -2.07. The fourth-order valence-electron chi connectivity index (χ4n) is 3.92. The van der Waals surface area contributed by atoms with Crippen molar-refractivity contribution in [1.29, 1.82) is 0 Å². The Bertz CT molecular complexity index is 1630. The Morgan fingerprint density at radius 2 is 1.54 bits per heavy atom. The molecule has 182 valence electrons. The lowest BCUT2D eigenvalue weighted by molar-refractivity contribution is 0.0734. The molecule has 4 aromatic carbocycles. The summed E-state index contributed by atoms with van der Waals surface area (Å²) in [4.78, 5) is 28.8. The molecule has 0 bridgehead atoms. The molecular weight excluding hydrogens is 509 g/mol. The average molecular weight is 528 g/mol. The van der Waals surface area contributed by atoms with Crippen LogP contribution in [0.1, 0.15) is 26.4 Å². The second kappa shape index (κ2) is 10.7. The van der Waals surface area contributed by atoms with E-state index in [2.05, 4.69) is 15.5 Å². The summed E-state index contributed by atoms with van der Waals surface area (Å²) in [6.07, 6.45) is 1.42. The lowest BCUT2D eigenvalue weighted by Crippen LogP contribution is -2.19. The molecule has 1 heterocycles. The summed E-state index contributed by atoms with van der Waals surface area (Å²) in [5, 5.41) is 5.69. The molecule has 5 aromatic rings. The lowest BCUT2D eigenvalue weighted by atomic mass is 10.0. The Hall–Kier alpha value is -4.39. The van der Waals surface area contributed by atoms with Crippen molar-refractivity contribution in [2.24, 2.45) is 5.10 Å². The number of rotatable bonds is 6. The number of amides is 1. The van der Waals surface area contributed by atoms with Crippen LogP contribution < -0.4 is 10.2 Å². The molecule has 0 unspecified atom stereocenters. The highest BCUT2D eigenvalue weighted by atomic mass is 35.5. The van der Waals surface area contributed by atoms with Crippen molar-refractivity contribution in [3.05, 3.63) is 124 Å². The van der Waals surface area contributed by atoms with Crippen molar-refractivity contribution in [1.82, 2.24) is 10.4 Å². The number of benzene rings is 4. The molecule has 1 aromatic heterocycles. The number of hydrazone groups is 1. The number of hydrogen-bond acceptors (Lipinski definition) is 4. The molecular formula is C29H19Cl2N3O3. The van der Waals surface area contributed by atoms with Gasteiger partial charge in [0.1, 0.15) is 11.4 Å². The van der Waals surface area contributed by atoms with Gasteiger partial charge in [-0.05, 0) is 42.0 Å². The Labute approximate surface area is 222 Å². The largest absolute Gasteiger partial charge is 0.422 e. The maximum Gasteiger partial charge on any atom is 0.343 e. The molecule has 0 saturated heterocycles. The SMILES string of the molecule is O=C(Oc1ccccc1C=NNC(=O)c1[nH]c2c(Cl)cc(Cl)cc2c1-c1ccccc1)c1ccccc1. The van der Waals surface area contributed by atoms with Crippen molar-refractivity contribution >= 4 is 52.2 Å². The number of carbonyl (C=O) groups excluding carboxylic acids is 2. The summed E-state index contributed by atoms with van der Waals surface area (Å²) >= 11 is 12.7. The van der Waals surface area contributed by atoms with Gasteiger partial charge in [0.15, 0.2) is 0 Å². The fraction of sp³-hybridized carbons (Fsp3) is 0. The molecule has 0 fully saturated rings. The number of halogens is 2. The van der Waals surface area contributed by atoms with Gasteiger partial charge in [0, 0.05) is 21.5 Å². The first-order valence-corrected chi connectivity index (χ1v) is 12.0. The van der Waals surface area contributed by atoms with E-state index in [1.807, 2.05) is 36.4 Å². The molecule has 6 nitrogen and oxygen atoms in total. The normalized spacial score (nSPS) is 11.1. The van der Waals surface area contributed by atoms with E-state index in [-0.39, 0.29) is 5.69 Å². The van der Waals surface area contributed by atoms with Gasteiger partial charge in [-0.1, -0.05) is 83.9 Å². The molecule has 0 spiro atoms. The van der Waals surface area contributed by atoms with Crippen molar-refractivity contribution in [3.63, 3.8) is 0 Å². The molecule has 0 saturated carbocycles. The number of aromatic nitrogens is 1. The first-order chi connectivity index (χ1) is 18.0. The number of nitrogens with zero attached hydrogens (tertiary/aromatic N) is 1. The topological polar surface area (TPSA) is 83.5 Å². The monoisotopic (exact) mass is 527 g/mol. The van der Waals surface area contributed by atoms with E-state index in [0.29, 0.717) is 38.0 Å². The Balaban J connectivity index is 1.42. The number of carbonyl (C=O) groups is 2. The first kappa shape index (κ1) is 24.3. The number of nitrogens with one attached hydrogen (secondary N) is 2. The zero-order valence-electron chi connectivity index (χ0n) is 19.2. The first-order valence-electron chi connectivity index (χ1n) is 11.3.